The monoisotopic (exact) mass is 472 g/mol. The number of ether oxygens (including phenoxy) is 1. The third-order valence-electron chi connectivity index (χ3n) is 5.85. The molecule has 3 rings (SSSR count). The number of nitrogens with two attached hydrogens (primary N) is 1. The summed E-state index contributed by atoms with van der Waals surface area (Å²) in [6.45, 7) is 2.33. The number of hydrogen-bond donors (Lipinski definition) is 1. The van der Waals surface area contributed by atoms with Gasteiger partial charge in [-0.05, 0) is 37.8 Å². The van der Waals surface area contributed by atoms with Crippen molar-refractivity contribution >= 4 is 36.5 Å². The number of piperazine rings is 1. The second-order valence-corrected chi connectivity index (χ2v) is 7.71. The highest BCUT2D eigenvalue weighted by Gasteiger charge is 2.46. The van der Waals surface area contributed by atoms with Crippen LogP contribution in [0.4, 0.5) is 19.0 Å². The summed E-state index contributed by atoms with van der Waals surface area (Å²) in [6, 6.07) is 2.05. The zero-order valence-corrected chi connectivity index (χ0v) is 18.5. The molecule has 1 aliphatic carbocycles. The number of methoxy groups -OCH3 is 1. The number of aromatic nitrogens is 1. The highest BCUT2D eigenvalue weighted by molar-refractivity contribution is 5.85. The average molecular weight is 473 g/mol. The second kappa shape index (κ2) is 10.8. The van der Waals surface area contributed by atoms with E-state index in [0.717, 1.165) is 25.0 Å². The maximum atomic E-state index is 13.2. The largest absolute Gasteiger partial charge is 0.416 e. The normalized spacial score (nSPS) is 24.2. The van der Waals surface area contributed by atoms with Gasteiger partial charge >= 0.3 is 6.18 Å². The summed E-state index contributed by atoms with van der Waals surface area (Å²) in [5, 5.41) is 0. The van der Waals surface area contributed by atoms with Gasteiger partial charge in [-0.25, -0.2) is 4.98 Å². The molecule has 0 radical (unpaired) electrons. The Kier molecular flexibility index (Phi) is 9.66. The van der Waals surface area contributed by atoms with E-state index in [4.69, 9.17) is 10.5 Å². The van der Waals surface area contributed by atoms with E-state index < -0.39 is 17.2 Å². The van der Waals surface area contributed by atoms with Gasteiger partial charge in [-0.15, -0.1) is 24.8 Å². The molecule has 0 spiro atoms. The van der Waals surface area contributed by atoms with Crippen LogP contribution in [0.2, 0.25) is 0 Å². The van der Waals surface area contributed by atoms with Gasteiger partial charge in [0.05, 0.1) is 11.0 Å². The zero-order valence-electron chi connectivity index (χ0n) is 16.9. The predicted octanol–water partition coefficient (Wildman–Crippen LogP) is 3.13. The van der Waals surface area contributed by atoms with E-state index in [2.05, 4.69) is 4.98 Å². The molecule has 2 fully saturated rings. The molecule has 0 bridgehead atoms. The Morgan fingerprint density at radius 3 is 2.50 bits per heavy atom. The highest BCUT2D eigenvalue weighted by Crippen LogP contribution is 2.42. The van der Waals surface area contributed by atoms with Crippen molar-refractivity contribution in [2.45, 2.75) is 37.9 Å². The highest BCUT2D eigenvalue weighted by atomic mass is 35.5. The van der Waals surface area contributed by atoms with Gasteiger partial charge in [-0.1, -0.05) is 0 Å². The number of hydrogen-bond acceptors (Lipinski definition) is 5. The standard InChI is InChI=1S/C19H27F3N4O2.2ClH/c1-28-11-5-18(4-2-15(23)13-18)17(27)26-9-7-25(8-10-26)16-12-14(3-6-24-16)19(20,21)22;;/h3,6,12,15H,2,4-5,7-11,13,23H2,1H3;2*1H/t15-,18-;;/m1../s1. The van der Waals surface area contributed by atoms with Crippen molar-refractivity contribution in [3.8, 4) is 0 Å². The van der Waals surface area contributed by atoms with Crippen molar-refractivity contribution in [2.75, 3.05) is 44.8 Å². The van der Waals surface area contributed by atoms with Crippen LogP contribution in [0.1, 0.15) is 31.2 Å². The lowest BCUT2D eigenvalue weighted by Gasteiger charge is -2.40. The molecule has 1 saturated carbocycles. The number of carbonyl (C=O) groups is 1. The van der Waals surface area contributed by atoms with E-state index in [-0.39, 0.29) is 36.8 Å². The van der Waals surface area contributed by atoms with Crippen LogP contribution in [-0.4, -0.2) is 61.7 Å². The fraction of sp³-hybridized carbons (Fsp3) is 0.684. The smallest absolute Gasteiger partial charge is 0.385 e. The topological polar surface area (TPSA) is 71.7 Å². The summed E-state index contributed by atoms with van der Waals surface area (Å²) in [6.07, 6.45) is -0.342. The van der Waals surface area contributed by atoms with Crippen LogP contribution >= 0.6 is 24.8 Å². The van der Waals surface area contributed by atoms with Gasteiger partial charge in [0.2, 0.25) is 5.91 Å². The summed E-state index contributed by atoms with van der Waals surface area (Å²) >= 11 is 0. The molecule has 2 aliphatic rings. The molecule has 11 heteroatoms. The summed E-state index contributed by atoms with van der Waals surface area (Å²) < 4.78 is 44.0. The van der Waals surface area contributed by atoms with Crippen LogP contribution in [0.25, 0.3) is 0 Å². The van der Waals surface area contributed by atoms with E-state index in [1.54, 1.807) is 12.0 Å². The predicted molar refractivity (Wildman–Crippen MR) is 113 cm³/mol. The van der Waals surface area contributed by atoms with Crippen molar-refractivity contribution in [2.24, 2.45) is 11.1 Å². The summed E-state index contributed by atoms with van der Waals surface area (Å²) in [5.74, 6) is 0.382. The summed E-state index contributed by atoms with van der Waals surface area (Å²) in [5.41, 5.74) is 4.88. The molecule has 2 atom stereocenters. The molecule has 1 aliphatic heterocycles. The minimum atomic E-state index is -4.40. The van der Waals surface area contributed by atoms with Crippen LogP contribution < -0.4 is 10.6 Å². The minimum Gasteiger partial charge on any atom is -0.385 e. The third kappa shape index (κ3) is 5.90. The number of anilines is 1. The quantitative estimate of drug-likeness (QED) is 0.712. The number of carbonyl (C=O) groups excluding carboxylic acids is 1. The van der Waals surface area contributed by atoms with Gasteiger partial charge in [-0.2, -0.15) is 13.2 Å². The molecular weight excluding hydrogens is 444 g/mol. The first kappa shape index (κ1) is 26.7. The van der Waals surface area contributed by atoms with Gasteiger partial charge in [0.15, 0.2) is 0 Å². The molecule has 1 aromatic rings. The van der Waals surface area contributed by atoms with Crippen molar-refractivity contribution in [1.29, 1.82) is 0 Å². The molecule has 30 heavy (non-hydrogen) atoms. The first-order chi connectivity index (χ1) is 13.2. The Bertz CT molecular complexity index is 703. The number of alkyl halides is 3. The van der Waals surface area contributed by atoms with Crippen LogP contribution in [-0.2, 0) is 15.7 Å². The molecule has 0 aromatic carbocycles. The van der Waals surface area contributed by atoms with E-state index in [9.17, 15) is 18.0 Å². The van der Waals surface area contributed by atoms with Crippen LogP contribution in [0.15, 0.2) is 18.3 Å². The van der Waals surface area contributed by atoms with Crippen molar-refractivity contribution in [3.05, 3.63) is 23.9 Å². The summed E-state index contributed by atoms with van der Waals surface area (Å²) in [7, 11) is 1.62. The van der Waals surface area contributed by atoms with E-state index >= 15 is 0 Å². The van der Waals surface area contributed by atoms with Gasteiger partial charge in [0.1, 0.15) is 5.82 Å². The first-order valence-electron chi connectivity index (χ1n) is 9.57. The second-order valence-electron chi connectivity index (χ2n) is 7.71. The van der Waals surface area contributed by atoms with Crippen LogP contribution in [0, 0.1) is 5.41 Å². The number of pyridine rings is 1. The van der Waals surface area contributed by atoms with E-state index in [0.29, 0.717) is 51.4 Å². The molecule has 1 amide bonds. The lowest BCUT2D eigenvalue weighted by Crippen LogP contribution is -2.53. The SMILES string of the molecule is COCC[C@]1(C(=O)N2CCN(c3cc(C(F)(F)F)ccn3)CC2)CC[C@@H](N)C1.Cl.Cl. The molecule has 6 nitrogen and oxygen atoms in total. The van der Waals surface area contributed by atoms with E-state index in [1.807, 2.05) is 4.90 Å². The first-order valence-corrected chi connectivity index (χ1v) is 9.57. The van der Waals surface area contributed by atoms with E-state index in [1.165, 1.54) is 6.20 Å². The fourth-order valence-electron chi connectivity index (χ4n) is 4.24. The molecule has 2 heterocycles. The molecular formula is C19H29Cl2F3N4O2. The lowest BCUT2D eigenvalue weighted by molar-refractivity contribution is -0.143. The van der Waals surface area contributed by atoms with Gasteiger partial charge in [0, 0.05) is 52.1 Å². The Morgan fingerprint density at radius 2 is 1.97 bits per heavy atom. The Balaban J connectivity index is 0.00000225. The fourth-order valence-corrected chi connectivity index (χ4v) is 4.24. The van der Waals surface area contributed by atoms with Crippen LogP contribution in [0.5, 0.6) is 0 Å². The van der Waals surface area contributed by atoms with Gasteiger partial charge in [-0.3, -0.25) is 4.79 Å². The minimum absolute atomic E-state index is 0. The molecule has 2 N–H and O–H groups in total. The maximum absolute atomic E-state index is 13.2. The van der Waals surface area contributed by atoms with Crippen molar-refractivity contribution < 1.29 is 22.7 Å². The Morgan fingerprint density at radius 1 is 1.30 bits per heavy atom. The molecule has 172 valence electrons. The van der Waals surface area contributed by atoms with Crippen molar-refractivity contribution in [3.63, 3.8) is 0 Å². The lowest BCUT2D eigenvalue weighted by atomic mass is 9.81. The molecule has 1 aromatic heterocycles. The maximum Gasteiger partial charge on any atom is 0.416 e. The number of nitrogens with zero attached hydrogens (tertiary/aromatic N) is 3. The number of halogens is 5. The Hall–Kier alpha value is -1.29. The molecule has 1 saturated heterocycles. The number of amides is 1. The van der Waals surface area contributed by atoms with Gasteiger partial charge < -0.3 is 20.3 Å². The Labute approximate surface area is 187 Å². The summed E-state index contributed by atoms with van der Waals surface area (Å²) in [4.78, 5) is 20.9. The van der Waals surface area contributed by atoms with Crippen LogP contribution in [0.3, 0.4) is 0 Å². The van der Waals surface area contributed by atoms with Crippen molar-refractivity contribution in [1.82, 2.24) is 9.88 Å². The molecule has 0 unspecified atom stereocenters. The van der Waals surface area contributed by atoms with Gasteiger partial charge in [0.25, 0.3) is 0 Å². The average Bonchev–Trinajstić information content (AvgIpc) is 3.07. The number of rotatable bonds is 5. The third-order valence-corrected chi connectivity index (χ3v) is 5.85. The zero-order chi connectivity index (χ0) is 20.4.